The summed E-state index contributed by atoms with van der Waals surface area (Å²) in [6.45, 7) is 4.11. The summed E-state index contributed by atoms with van der Waals surface area (Å²) in [7, 11) is 0. The van der Waals surface area contributed by atoms with Crippen molar-refractivity contribution in [1.29, 1.82) is 0 Å². The van der Waals surface area contributed by atoms with Gasteiger partial charge in [0.2, 0.25) is 0 Å². The number of halogens is 2. The number of anilines is 1. The fraction of sp³-hybridized carbons (Fsp3) is 0.292. The number of nitrogens with zero attached hydrogens (tertiary/aromatic N) is 2. The molecule has 0 spiro atoms. The first-order valence-electron chi connectivity index (χ1n) is 11.2. The van der Waals surface area contributed by atoms with E-state index in [0.29, 0.717) is 23.0 Å². The van der Waals surface area contributed by atoms with Crippen molar-refractivity contribution in [2.45, 2.75) is 25.9 Å². The fourth-order valence-corrected chi connectivity index (χ4v) is 4.27. The van der Waals surface area contributed by atoms with E-state index in [1.807, 2.05) is 18.2 Å². The molecule has 4 N–H and O–H groups in total. The van der Waals surface area contributed by atoms with Crippen LogP contribution in [0.5, 0.6) is 5.75 Å². The number of hydrogen-bond donors (Lipinski definition) is 4. The predicted molar refractivity (Wildman–Crippen MR) is 124 cm³/mol. The van der Waals surface area contributed by atoms with Gasteiger partial charge in [-0.3, -0.25) is 9.89 Å². The van der Waals surface area contributed by atoms with E-state index >= 15 is 0 Å². The van der Waals surface area contributed by atoms with Crippen LogP contribution in [0.4, 0.5) is 14.5 Å². The van der Waals surface area contributed by atoms with Crippen molar-refractivity contribution in [2.24, 2.45) is 5.92 Å². The van der Waals surface area contributed by atoms with Gasteiger partial charge in [0, 0.05) is 6.07 Å². The largest absolute Gasteiger partial charge is 0.490 e. The molecule has 34 heavy (non-hydrogen) atoms. The van der Waals surface area contributed by atoms with E-state index in [9.17, 15) is 13.6 Å². The molecule has 1 fully saturated rings. The quantitative estimate of drug-likeness (QED) is 0.340. The van der Waals surface area contributed by atoms with Gasteiger partial charge in [-0.25, -0.2) is 13.8 Å². The molecular formula is C24H24F2N6O2. The summed E-state index contributed by atoms with van der Waals surface area (Å²) in [5.41, 5.74) is 1.40. The number of fused-ring (bicyclic) bond motifs is 1. The average Bonchev–Trinajstić information content (AvgIpc) is 3.45. The molecule has 0 bridgehead atoms. The standard InChI is InChI=1S/C24H24F2N6O2/c1-13(14-7-9-27-10-8-14)34-15-5-6-18-19(11-15)30-23(29-18)22-20(12-28-32-22)31-24(33)21-16(25)3-2-4-17(21)26/h2-6,11-14,27H,7-10H2,1H3,(H,28,32)(H,29,30)(H,31,33). The molecule has 1 aliphatic rings. The van der Waals surface area contributed by atoms with Gasteiger partial charge in [-0.1, -0.05) is 6.07 Å². The zero-order valence-electron chi connectivity index (χ0n) is 18.5. The number of carbonyl (C=O) groups excluding carboxylic acids is 1. The lowest BCUT2D eigenvalue weighted by Gasteiger charge is -2.28. The lowest BCUT2D eigenvalue weighted by molar-refractivity contribution is 0.101. The number of rotatable bonds is 6. The monoisotopic (exact) mass is 466 g/mol. The second kappa shape index (κ2) is 9.22. The number of benzene rings is 2. The summed E-state index contributed by atoms with van der Waals surface area (Å²) >= 11 is 0. The Kier molecular flexibility index (Phi) is 5.97. The zero-order valence-corrected chi connectivity index (χ0v) is 18.5. The predicted octanol–water partition coefficient (Wildman–Crippen LogP) is 4.25. The highest BCUT2D eigenvalue weighted by molar-refractivity contribution is 6.06. The molecule has 8 nitrogen and oxygen atoms in total. The van der Waals surface area contributed by atoms with Crippen LogP contribution in [-0.4, -0.2) is 45.3 Å². The molecule has 0 saturated carbocycles. The van der Waals surface area contributed by atoms with E-state index in [0.717, 1.165) is 49.3 Å². The molecule has 3 heterocycles. The number of amides is 1. The van der Waals surface area contributed by atoms with Crippen molar-refractivity contribution in [1.82, 2.24) is 25.5 Å². The molecule has 176 valence electrons. The third-order valence-electron chi connectivity index (χ3n) is 6.14. The third kappa shape index (κ3) is 4.36. The van der Waals surface area contributed by atoms with E-state index in [-0.39, 0.29) is 11.8 Å². The average molecular weight is 466 g/mol. The first-order chi connectivity index (χ1) is 16.5. The van der Waals surface area contributed by atoms with Gasteiger partial charge in [0.15, 0.2) is 5.82 Å². The smallest absolute Gasteiger partial charge is 0.261 e. The lowest BCUT2D eigenvalue weighted by Crippen LogP contribution is -2.35. The van der Waals surface area contributed by atoms with Crippen LogP contribution in [0.1, 0.15) is 30.1 Å². The molecular weight excluding hydrogens is 442 g/mol. The van der Waals surface area contributed by atoms with Gasteiger partial charge in [0.1, 0.15) is 28.6 Å². The lowest BCUT2D eigenvalue weighted by atomic mass is 9.93. The Morgan fingerprint density at radius 3 is 2.71 bits per heavy atom. The van der Waals surface area contributed by atoms with Gasteiger partial charge < -0.3 is 20.4 Å². The first-order valence-corrected chi connectivity index (χ1v) is 11.2. The van der Waals surface area contributed by atoms with Gasteiger partial charge >= 0.3 is 0 Å². The second-order valence-corrected chi connectivity index (χ2v) is 8.38. The molecule has 2 aromatic heterocycles. The second-order valence-electron chi connectivity index (χ2n) is 8.38. The van der Waals surface area contributed by atoms with Gasteiger partial charge in [0.25, 0.3) is 5.91 Å². The molecule has 4 aromatic rings. The van der Waals surface area contributed by atoms with Crippen molar-refractivity contribution < 1.29 is 18.3 Å². The molecule has 1 saturated heterocycles. The molecule has 1 aliphatic heterocycles. The highest BCUT2D eigenvalue weighted by Crippen LogP contribution is 2.29. The summed E-state index contributed by atoms with van der Waals surface area (Å²) in [5, 5.41) is 12.6. The summed E-state index contributed by atoms with van der Waals surface area (Å²) in [5.74, 6) is -1.15. The van der Waals surface area contributed by atoms with Crippen LogP contribution in [0.3, 0.4) is 0 Å². The minimum atomic E-state index is -0.947. The Labute approximate surface area is 194 Å². The molecule has 0 aliphatic carbocycles. The Bertz CT molecular complexity index is 1310. The van der Waals surface area contributed by atoms with Crippen molar-refractivity contribution in [2.75, 3.05) is 18.4 Å². The molecule has 5 rings (SSSR count). The van der Waals surface area contributed by atoms with Gasteiger partial charge in [-0.15, -0.1) is 0 Å². The summed E-state index contributed by atoms with van der Waals surface area (Å²) < 4.78 is 34.1. The fourth-order valence-electron chi connectivity index (χ4n) is 4.27. The summed E-state index contributed by atoms with van der Waals surface area (Å²) in [6.07, 6.45) is 3.62. The third-order valence-corrected chi connectivity index (χ3v) is 6.14. The Hall–Kier alpha value is -3.79. The SMILES string of the molecule is CC(Oc1ccc2nc(-c3[nH]ncc3NC(=O)c3c(F)cccc3F)[nH]c2c1)C1CCNCC1. The maximum atomic E-state index is 14.0. The van der Waals surface area contributed by atoms with E-state index < -0.39 is 23.1 Å². The maximum Gasteiger partial charge on any atom is 0.261 e. The van der Waals surface area contributed by atoms with E-state index in [2.05, 4.69) is 37.7 Å². The number of aromatic amines is 2. The molecule has 2 aromatic carbocycles. The van der Waals surface area contributed by atoms with E-state index in [1.165, 1.54) is 12.3 Å². The van der Waals surface area contributed by atoms with Crippen molar-refractivity contribution in [3.05, 3.63) is 59.8 Å². The number of H-pyrrole nitrogens is 2. The van der Waals surface area contributed by atoms with Crippen molar-refractivity contribution >= 4 is 22.6 Å². The van der Waals surface area contributed by atoms with Crippen LogP contribution in [0.25, 0.3) is 22.6 Å². The highest BCUT2D eigenvalue weighted by Gasteiger charge is 2.22. The number of ether oxygens (including phenoxy) is 1. The maximum absolute atomic E-state index is 14.0. The number of carbonyl (C=O) groups is 1. The van der Waals surface area contributed by atoms with Crippen molar-refractivity contribution in [3.8, 4) is 17.3 Å². The number of piperidine rings is 1. The number of imidazole rings is 1. The Morgan fingerprint density at radius 2 is 1.94 bits per heavy atom. The van der Waals surface area contributed by atoms with Crippen LogP contribution in [0.2, 0.25) is 0 Å². The van der Waals surface area contributed by atoms with Gasteiger partial charge in [0.05, 0.1) is 29.0 Å². The molecule has 0 radical (unpaired) electrons. The van der Waals surface area contributed by atoms with Crippen LogP contribution in [0.15, 0.2) is 42.6 Å². The molecule has 1 unspecified atom stereocenters. The minimum absolute atomic E-state index is 0.0927. The van der Waals surface area contributed by atoms with Crippen LogP contribution >= 0.6 is 0 Å². The van der Waals surface area contributed by atoms with Crippen LogP contribution in [-0.2, 0) is 0 Å². The molecule has 1 amide bonds. The number of aromatic nitrogens is 4. The van der Waals surface area contributed by atoms with Crippen LogP contribution in [0, 0.1) is 17.6 Å². The van der Waals surface area contributed by atoms with Gasteiger partial charge in [-0.05, 0) is 63.0 Å². The van der Waals surface area contributed by atoms with Gasteiger partial charge in [-0.2, -0.15) is 5.10 Å². The highest BCUT2D eigenvalue weighted by atomic mass is 19.1. The Morgan fingerprint density at radius 1 is 1.18 bits per heavy atom. The summed E-state index contributed by atoms with van der Waals surface area (Å²) in [4.78, 5) is 20.2. The summed E-state index contributed by atoms with van der Waals surface area (Å²) in [6, 6.07) is 8.86. The topological polar surface area (TPSA) is 108 Å². The number of nitrogens with one attached hydrogen (secondary N) is 4. The number of hydrogen-bond acceptors (Lipinski definition) is 5. The normalized spacial score (nSPS) is 15.4. The van der Waals surface area contributed by atoms with Crippen molar-refractivity contribution in [3.63, 3.8) is 0 Å². The minimum Gasteiger partial charge on any atom is -0.490 e. The van der Waals surface area contributed by atoms with E-state index in [4.69, 9.17) is 4.74 Å². The molecule has 10 heteroatoms. The van der Waals surface area contributed by atoms with Crippen LogP contribution < -0.4 is 15.4 Å². The zero-order chi connectivity index (χ0) is 23.7. The van der Waals surface area contributed by atoms with E-state index in [1.54, 1.807) is 0 Å². The first kappa shape index (κ1) is 22.0. The Balaban J connectivity index is 1.36. The molecule has 1 atom stereocenters.